The molecule has 1 aromatic heterocycles. The predicted octanol–water partition coefficient (Wildman–Crippen LogP) is 0.828. The Kier molecular flexibility index (Phi) is 4.08. The number of rotatable bonds is 4. The number of nitrogens with zero attached hydrogens (tertiary/aromatic N) is 3. The molecule has 1 heterocycles. The molecule has 0 saturated carbocycles. The van der Waals surface area contributed by atoms with Gasteiger partial charge in [0.1, 0.15) is 5.75 Å². The molecule has 0 radical (unpaired) electrons. The van der Waals surface area contributed by atoms with Crippen LogP contribution in [-0.4, -0.2) is 27.3 Å². The van der Waals surface area contributed by atoms with Gasteiger partial charge in [-0.2, -0.15) is 0 Å². The number of nitrogens with one attached hydrogen (secondary N) is 1. The monoisotopic (exact) mass is 301 g/mol. The highest BCUT2D eigenvalue weighted by Crippen LogP contribution is 2.26. The molecular formula is C11H10F3N5O2. The number of alkyl halides is 3. The zero-order valence-corrected chi connectivity index (χ0v) is 10.5. The van der Waals surface area contributed by atoms with E-state index >= 15 is 0 Å². The SMILES string of the molecule is NNC(=O)c1cn(Cc2ccccc2OC(F)(F)F)nn1. The van der Waals surface area contributed by atoms with E-state index in [2.05, 4.69) is 15.0 Å². The van der Waals surface area contributed by atoms with E-state index in [1.54, 1.807) is 6.07 Å². The Balaban J connectivity index is 2.20. The number of carbonyl (C=O) groups excluding carboxylic acids is 1. The topological polar surface area (TPSA) is 95.1 Å². The second kappa shape index (κ2) is 5.79. The zero-order chi connectivity index (χ0) is 15.5. The second-order valence-corrected chi connectivity index (χ2v) is 3.93. The van der Waals surface area contributed by atoms with E-state index in [0.29, 0.717) is 0 Å². The summed E-state index contributed by atoms with van der Waals surface area (Å²) in [5.74, 6) is 3.94. The van der Waals surface area contributed by atoms with Crippen molar-refractivity contribution in [3.8, 4) is 5.75 Å². The first-order valence-corrected chi connectivity index (χ1v) is 5.64. The molecule has 0 aliphatic heterocycles. The molecule has 0 atom stereocenters. The third-order valence-corrected chi connectivity index (χ3v) is 2.43. The molecule has 2 rings (SSSR count). The molecular weight excluding hydrogens is 291 g/mol. The predicted molar refractivity (Wildman–Crippen MR) is 63.9 cm³/mol. The fourth-order valence-corrected chi connectivity index (χ4v) is 1.59. The van der Waals surface area contributed by atoms with Crippen molar-refractivity contribution in [2.45, 2.75) is 12.9 Å². The van der Waals surface area contributed by atoms with Crippen molar-refractivity contribution in [3.63, 3.8) is 0 Å². The summed E-state index contributed by atoms with van der Waals surface area (Å²) in [7, 11) is 0. The molecule has 0 bridgehead atoms. The number of nitrogens with two attached hydrogens (primary N) is 1. The molecule has 0 fully saturated rings. The molecule has 0 aliphatic rings. The van der Waals surface area contributed by atoms with Crippen LogP contribution in [-0.2, 0) is 6.54 Å². The first kappa shape index (κ1) is 14.8. The number of hydrazine groups is 1. The molecule has 3 N–H and O–H groups in total. The molecule has 112 valence electrons. The smallest absolute Gasteiger partial charge is 0.405 e. The van der Waals surface area contributed by atoms with Crippen LogP contribution in [0.15, 0.2) is 30.5 Å². The van der Waals surface area contributed by atoms with E-state index in [9.17, 15) is 18.0 Å². The van der Waals surface area contributed by atoms with Crippen LogP contribution >= 0.6 is 0 Å². The number of ether oxygens (including phenoxy) is 1. The number of hydrogen-bond acceptors (Lipinski definition) is 5. The summed E-state index contributed by atoms with van der Waals surface area (Å²) in [6, 6.07) is 5.61. The normalized spacial score (nSPS) is 11.2. The maximum Gasteiger partial charge on any atom is 0.573 e. The van der Waals surface area contributed by atoms with Crippen LogP contribution in [0.1, 0.15) is 16.1 Å². The maximum atomic E-state index is 12.3. The fraction of sp³-hybridized carbons (Fsp3) is 0.182. The Morgan fingerprint density at radius 1 is 1.38 bits per heavy atom. The summed E-state index contributed by atoms with van der Waals surface area (Å²) in [4.78, 5) is 11.2. The van der Waals surface area contributed by atoms with Gasteiger partial charge >= 0.3 is 6.36 Å². The maximum absolute atomic E-state index is 12.3. The van der Waals surface area contributed by atoms with Gasteiger partial charge in [-0.05, 0) is 6.07 Å². The van der Waals surface area contributed by atoms with Crippen LogP contribution in [0, 0.1) is 0 Å². The minimum absolute atomic E-state index is 0.0445. The summed E-state index contributed by atoms with van der Waals surface area (Å²) in [5, 5.41) is 7.18. The summed E-state index contributed by atoms with van der Waals surface area (Å²) < 4.78 is 42.0. The van der Waals surface area contributed by atoms with Crippen LogP contribution in [0.4, 0.5) is 13.2 Å². The summed E-state index contributed by atoms with van der Waals surface area (Å²) >= 11 is 0. The lowest BCUT2D eigenvalue weighted by atomic mass is 10.2. The highest BCUT2D eigenvalue weighted by atomic mass is 19.4. The molecule has 21 heavy (non-hydrogen) atoms. The highest BCUT2D eigenvalue weighted by Gasteiger charge is 2.32. The number of hydrogen-bond donors (Lipinski definition) is 2. The first-order valence-electron chi connectivity index (χ1n) is 5.64. The van der Waals surface area contributed by atoms with Crippen LogP contribution in [0.25, 0.3) is 0 Å². The average Bonchev–Trinajstić information content (AvgIpc) is 2.87. The Morgan fingerprint density at radius 3 is 2.76 bits per heavy atom. The van der Waals surface area contributed by atoms with Crippen molar-refractivity contribution >= 4 is 5.91 Å². The van der Waals surface area contributed by atoms with Gasteiger partial charge in [0.2, 0.25) is 0 Å². The van der Waals surface area contributed by atoms with E-state index < -0.39 is 12.3 Å². The van der Waals surface area contributed by atoms with Crippen molar-refractivity contribution in [1.29, 1.82) is 0 Å². The standard InChI is InChI=1S/C11H10F3N5O2/c12-11(13,14)21-9-4-2-1-3-7(9)5-19-6-8(17-18-19)10(20)16-15/h1-4,6H,5,15H2,(H,16,20). The Morgan fingerprint density at radius 2 is 2.10 bits per heavy atom. The van der Waals surface area contributed by atoms with Crippen molar-refractivity contribution in [2.75, 3.05) is 0 Å². The van der Waals surface area contributed by atoms with Crippen molar-refractivity contribution in [2.24, 2.45) is 5.84 Å². The summed E-state index contributed by atoms with van der Waals surface area (Å²) in [6.07, 6.45) is -3.53. The van der Waals surface area contributed by atoms with E-state index in [1.165, 1.54) is 29.1 Å². The molecule has 7 nitrogen and oxygen atoms in total. The van der Waals surface area contributed by atoms with Gasteiger partial charge in [-0.25, -0.2) is 10.5 Å². The number of halogens is 3. The van der Waals surface area contributed by atoms with Crippen molar-refractivity contribution in [1.82, 2.24) is 20.4 Å². The lowest BCUT2D eigenvalue weighted by molar-refractivity contribution is -0.274. The van der Waals surface area contributed by atoms with E-state index in [-0.39, 0.29) is 23.6 Å². The van der Waals surface area contributed by atoms with Crippen molar-refractivity contribution in [3.05, 3.63) is 41.7 Å². The van der Waals surface area contributed by atoms with Gasteiger partial charge in [0.15, 0.2) is 5.69 Å². The fourth-order valence-electron chi connectivity index (χ4n) is 1.59. The molecule has 0 spiro atoms. The minimum atomic E-state index is -4.79. The van der Waals surface area contributed by atoms with Crippen molar-refractivity contribution < 1.29 is 22.7 Å². The van der Waals surface area contributed by atoms with Gasteiger partial charge in [0, 0.05) is 5.56 Å². The van der Waals surface area contributed by atoms with Gasteiger partial charge in [-0.1, -0.05) is 23.4 Å². The van der Waals surface area contributed by atoms with E-state index in [1.807, 2.05) is 5.43 Å². The number of aromatic nitrogens is 3. The van der Waals surface area contributed by atoms with Crippen LogP contribution in [0.2, 0.25) is 0 Å². The van der Waals surface area contributed by atoms with Gasteiger partial charge in [0.25, 0.3) is 5.91 Å². The molecule has 1 amide bonds. The zero-order valence-electron chi connectivity index (χ0n) is 10.5. The van der Waals surface area contributed by atoms with Crippen LogP contribution in [0.3, 0.4) is 0 Å². The minimum Gasteiger partial charge on any atom is -0.405 e. The van der Waals surface area contributed by atoms with Gasteiger partial charge in [-0.15, -0.1) is 18.3 Å². The quantitative estimate of drug-likeness (QED) is 0.495. The number of para-hydroxylation sites is 1. The molecule has 1 aromatic carbocycles. The number of nitrogen functional groups attached to an aromatic ring is 1. The first-order chi connectivity index (χ1) is 9.89. The van der Waals surface area contributed by atoms with Gasteiger partial charge in [0.05, 0.1) is 12.7 Å². The Bertz CT molecular complexity index is 641. The summed E-state index contributed by atoms with van der Waals surface area (Å²) in [5.41, 5.74) is 2.06. The average molecular weight is 301 g/mol. The van der Waals surface area contributed by atoms with Gasteiger partial charge < -0.3 is 4.74 Å². The molecule has 0 aliphatic carbocycles. The second-order valence-electron chi connectivity index (χ2n) is 3.93. The summed E-state index contributed by atoms with van der Waals surface area (Å²) in [6.45, 7) is -0.0445. The van der Waals surface area contributed by atoms with Crippen LogP contribution in [0.5, 0.6) is 5.75 Å². The van der Waals surface area contributed by atoms with E-state index in [4.69, 9.17) is 5.84 Å². The third-order valence-electron chi connectivity index (χ3n) is 2.43. The number of benzene rings is 1. The highest BCUT2D eigenvalue weighted by molar-refractivity contribution is 5.91. The lowest BCUT2D eigenvalue weighted by Gasteiger charge is -2.12. The van der Waals surface area contributed by atoms with Gasteiger partial charge in [-0.3, -0.25) is 10.2 Å². The largest absolute Gasteiger partial charge is 0.573 e. The Labute approximate surface area is 116 Å². The lowest BCUT2D eigenvalue weighted by Crippen LogP contribution is -2.30. The molecule has 0 unspecified atom stereocenters. The third kappa shape index (κ3) is 3.92. The Hall–Kier alpha value is -2.62. The number of carbonyl (C=O) groups is 1. The molecule has 2 aromatic rings. The molecule has 10 heteroatoms. The number of amides is 1. The molecule has 0 saturated heterocycles. The van der Waals surface area contributed by atoms with Crippen LogP contribution < -0.4 is 16.0 Å². The van der Waals surface area contributed by atoms with E-state index in [0.717, 1.165) is 0 Å².